The van der Waals surface area contributed by atoms with Crippen LogP contribution in [0, 0.1) is 6.92 Å². The van der Waals surface area contributed by atoms with Crippen molar-refractivity contribution >= 4 is 0 Å². The van der Waals surface area contributed by atoms with Crippen molar-refractivity contribution in [3.63, 3.8) is 0 Å². The van der Waals surface area contributed by atoms with E-state index in [1.807, 2.05) is 13.0 Å². The van der Waals surface area contributed by atoms with Crippen LogP contribution in [-0.2, 0) is 11.3 Å². The zero-order valence-electron chi connectivity index (χ0n) is 11.0. The first-order chi connectivity index (χ1) is 9.20. The second-order valence-corrected chi connectivity index (χ2v) is 4.19. The highest BCUT2D eigenvalue weighted by molar-refractivity contribution is 5.51. The summed E-state index contributed by atoms with van der Waals surface area (Å²) in [5.74, 6) is 1.05. The molecule has 2 heterocycles. The molecule has 0 atom stereocenters. The van der Waals surface area contributed by atoms with Crippen LogP contribution >= 0.6 is 0 Å². The first kappa shape index (κ1) is 13.5. The van der Waals surface area contributed by atoms with E-state index in [-0.39, 0.29) is 5.56 Å². The fourth-order valence-corrected chi connectivity index (χ4v) is 1.71. The number of nitrogens with zero attached hydrogens (tertiary/aromatic N) is 1. The number of rotatable bonds is 6. The van der Waals surface area contributed by atoms with Gasteiger partial charge in [0.25, 0.3) is 5.56 Å². The lowest BCUT2D eigenvalue weighted by Crippen LogP contribution is -2.21. The van der Waals surface area contributed by atoms with Gasteiger partial charge in [0.2, 0.25) is 0 Å². The molecule has 0 unspecified atom stereocenters. The molecule has 0 aromatic carbocycles. The van der Waals surface area contributed by atoms with Gasteiger partial charge in [0.05, 0.1) is 18.6 Å². The molecule has 2 rings (SSSR count). The van der Waals surface area contributed by atoms with Crippen molar-refractivity contribution in [1.29, 1.82) is 0 Å². The summed E-state index contributed by atoms with van der Waals surface area (Å²) >= 11 is 0. The van der Waals surface area contributed by atoms with E-state index in [1.165, 1.54) is 6.07 Å². The number of nitrogens with one attached hydrogen (secondary N) is 2. The van der Waals surface area contributed by atoms with Gasteiger partial charge in [0.15, 0.2) is 11.6 Å². The van der Waals surface area contributed by atoms with E-state index in [9.17, 15) is 4.79 Å². The molecule has 0 amide bonds. The molecule has 0 saturated heterocycles. The summed E-state index contributed by atoms with van der Waals surface area (Å²) in [4.78, 5) is 18.7. The lowest BCUT2D eigenvalue weighted by molar-refractivity contribution is 0.199. The van der Waals surface area contributed by atoms with Crippen molar-refractivity contribution in [3.8, 4) is 11.6 Å². The van der Waals surface area contributed by atoms with Crippen LogP contribution < -0.4 is 10.9 Å². The Labute approximate surface area is 110 Å². The number of hydrogen-bond acceptors (Lipinski definition) is 5. The molecule has 2 N–H and O–H groups in total. The maximum atomic E-state index is 11.6. The summed E-state index contributed by atoms with van der Waals surface area (Å²) in [5, 5.41) is 3.15. The quantitative estimate of drug-likeness (QED) is 0.762. The highest BCUT2D eigenvalue weighted by Crippen LogP contribution is 2.19. The summed E-state index contributed by atoms with van der Waals surface area (Å²) in [6.07, 6.45) is 1.58. The van der Waals surface area contributed by atoms with Gasteiger partial charge in [-0.05, 0) is 18.6 Å². The van der Waals surface area contributed by atoms with Gasteiger partial charge in [-0.25, -0.2) is 4.98 Å². The fourth-order valence-electron chi connectivity index (χ4n) is 1.71. The Morgan fingerprint density at radius 2 is 2.37 bits per heavy atom. The molecule has 2 aromatic heterocycles. The maximum absolute atomic E-state index is 11.6. The van der Waals surface area contributed by atoms with Crippen molar-refractivity contribution in [3.05, 3.63) is 40.0 Å². The number of methoxy groups -OCH3 is 1. The van der Waals surface area contributed by atoms with Crippen LogP contribution in [0.3, 0.4) is 0 Å². The molecule has 0 bridgehead atoms. The van der Waals surface area contributed by atoms with Crippen molar-refractivity contribution in [2.45, 2.75) is 13.5 Å². The average molecular weight is 263 g/mol. The minimum atomic E-state index is -0.190. The first-order valence-electron chi connectivity index (χ1n) is 6.05. The average Bonchev–Trinajstić information content (AvgIpc) is 2.80. The highest BCUT2D eigenvalue weighted by Gasteiger charge is 2.09. The Balaban J connectivity index is 2.16. The van der Waals surface area contributed by atoms with Crippen LogP contribution in [0.15, 0.2) is 27.6 Å². The smallest absolute Gasteiger partial charge is 0.251 e. The standard InChI is InChI=1S/C13H17N3O3/c1-9-3-5-19-12(9)13-15-10(7-11(17)16-13)8-14-4-6-18-2/h3,5,7,14H,4,6,8H2,1-2H3,(H,15,16,17). The van der Waals surface area contributed by atoms with E-state index in [4.69, 9.17) is 9.15 Å². The van der Waals surface area contributed by atoms with Crippen molar-refractivity contribution in [2.24, 2.45) is 0 Å². The topological polar surface area (TPSA) is 80.1 Å². The number of furan rings is 1. The van der Waals surface area contributed by atoms with E-state index < -0.39 is 0 Å². The Hall–Kier alpha value is -1.92. The van der Waals surface area contributed by atoms with Crippen LogP contribution in [-0.4, -0.2) is 30.2 Å². The number of hydrogen-bond donors (Lipinski definition) is 2. The Morgan fingerprint density at radius 3 is 3.05 bits per heavy atom. The molecule has 2 aromatic rings. The van der Waals surface area contributed by atoms with Crippen molar-refractivity contribution in [1.82, 2.24) is 15.3 Å². The summed E-state index contributed by atoms with van der Waals surface area (Å²) in [7, 11) is 1.64. The Kier molecular flexibility index (Phi) is 4.48. The summed E-state index contributed by atoms with van der Waals surface area (Å²) in [6, 6.07) is 3.31. The number of H-pyrrole nitrogens is 1. The van der Waals surface area contributed by atoms with Gasteiger partial charge in [-0.1, -0.05) is 0 Å². The van der Waals surface area contributed by atoms with Crippen LogP contribution in [0.25, 0.3) is 11.6 Å². The second kappa shape index (κ2) is 6.31. The summed E-state index contributed by atoms with van der Waals surface area (Å²) in [6.45, 7) is 3.75. The lowest BCUT2D eigenvalue weighted by atomic mass is 10.2. The Bertz CT molecular complexity index is 589. The maximum Gasteiger partial charge on any atom is 0.251 e. The van der Waals surface area contributed by atoms with Crippen LogP contribution in [0.1, 0.15) is 11.3 Å². The number of aromatic nitrogens is 2. The molecular weight excluding hydrogens is 246 g/mol. The first-order valence-corrected chi connectivity index (χ1v) is 6.05. The van der Waals surface area contributed by atoms with E-state index in [2.05, 4.69) is 15.3 Å². The molecule has 6 heteroatoms. The SMILES string of the molecule is COCCNCc1cc(=O)[nH]c(-c2occc2C)n1. The third-order valence-corrected chi connectivity index (χ3v) is 2.66. The molecule has 102 valence electrons. The lowest BCUT2D eigenvalue weighted by Gasteiger charge is -2.05. The molecule has 0 aliphatic carbocycles. The van der Waals surface area contributed by atoms with Gasteiger partial charge in [-0.2, -0.15) is 0 Å². The normalized spacial score (nSPS) is 10.8. The number of ether oxygens (including phenoxy) is 1. The van der Waals surface area contributed by atoms with Gasteiger partial charge in [0.1, 0.15) is 0 Å². The fraction of sp³-hybridized carbons (Fsp3) is 0.385. The molecule has 0 saturated carbocycles. The molecule has 0 aliphatic rings. The summed E-state index contributed by atoms with van der Waals surface area (Å²) < 4.78 is 10.3. The van der Waals surface area contributed by atoms with E-state index in [0.29, 0.717) is 37.0 Å². The van der Waals surface area contributed by atoms with Gasteiger partial charge in [-0.3, -0.25) is 4.79 Å². The zero-order valence-corrected chi connectivity index (χ0v) is 11.0. The van der Waals surface area contributed by atoms with Gasteiger partial charge >= 0.3 is 0 Å². The molecule has 0 radical (unpaired) electrons. The molecular formula is C13H17N3O3. The Morgan fingerprint density at radius 1 is 1.53 bits per heavy atom. The zero-order chi connectivity index (χ0) is 13.7. The van der Waals surface area contributed by atoms with E-state index in [1.54, 1.807) is 13.4 Å². The highest BCUT2D eigenvalue weighted by atomic mass is 16.5. The van der Waals surface area contributed by atoms with Crippen LogP contribution in [0.2, 0.25) is 0 Å². The molecule has 6 nitrogen and oxygen atoms in total. The van der Waals surface area contributed by atoms with E-state index >= 15 is 0 Å². The molecule has 19 heavy (non-hydrogen) atoms. The van der Waals surface area contributed by atoms with Gasteiger partial charge in [0, 0.05) is 26.3 Å². The van der Waals surface area contributed by atoms with E-state index in [0.717, 1.165) is 5.56 Å². The summed E-state index contributed by atoms with van der Waals surface area (Å²) in [5.41, 5.74) is 1.42. The van der Waals surface area contributed by atoms with Gasteiger partial charge in [-0.15, -0.1) is 0 Å². The van der Waals surface area contributed by atoms with Crippen LogP contribution in [0.4, 0.5) is 0 Å². The third-order valence-electron chi connectivity index (χ3n) is 2.66. The minimum Gasteiger partial charge on any atom is -0.461 e. The molecule has 0 spiro atoms. The molecule has 0 aliphatic heterocycles. The molecule has 0 fully saturated rings. The second-order valence-electron chi connectivity index (χ2n) is 4.19. The number of aryl methyl sites for hydroxylation is 1. The van der Waals surface area contributed by atoms with Gasteiger partial charge < -0.3 is 19.5 Å². The predicted molar refractivity (Wildman–Crippen MR) is 70.9 cm³/mol. The van der Waals surface area contributed by atoms with Crippen molar-refractivity contribution in [2.75, 3.05) is 20.3 Å². The largest absolute Gasteiger partial charge is 0.461 e. The van der Waals surface area contributed by atoms with Crippen LogP contribution in [0.5, 0.6) is 0 Å². The number of aromatic amines is 1. The minimum absolute atomic E-state index is 0.190. The predicted octanol–water partition coefficient (Wildman–Crippen LogP) is 1.07. The van der Waals surface area contributed by atoms with Crippen molar-refractivity contribution < 1.29 is 9.15 Å². The third kappa shape index (κ3) is 3.52. The monoisotopic (exact) mass is 263 g/mol.